The average molecular weight is 621 g/mol. The number of aryl methyl sites for hydroxylation is 2. The molecule has 6 nitrogen and oxygen atoms in total. The van der Waals surface area contributed by atoms with E-state index in [1.54, 1.807) is 0 Å². The van der Waals surface area contributed by atoms with Crippen LogP contribution in [0.15, 0.2) is 109 Å². The van der Waals surface area contributed by atoms with E-state index in [2.05, 4.69) is 105 Å². The highest BCUT2D eigenvalue weighted by Crippen LogP contribution is 2.37. The van der Waals surface area contributed by atoms with Gasteiger partial charge in [-0.2, -0.15) is 0 Å². The Labute approximate surface area is 275 Å². The van der Waals surface area contributed by atoms with Crippen molar-refractivity contribution in [2.24, 2.45) is 0 Å². The predicted octanol–water partition coefficient (Wildman–Crippen LogP) is 9.56. The molecule has 0 atom stereocenters. The molecule has 0 spiro atoms. The van der Waals surface area contributed by atoms with E-state index in [0.717, 1.165) is 40.1 Å². The fourth-order valence-electron chi connectivity index (χ4n) is 6.13. The normalized spacial score (nSPS) is 12.3. The molecule has 0 radical (unpaired) electrons. The summed E-state index contributed by atoms with van der Waals surface area (Å²) in [5.41, 5.74) is 8.36. The molecule has 7 rings (SSSR count). The maximum atomic E-state index is 13.6. The molecule has 0 fully saturated rings. The maximum Gasteiger partial charge on any atom is 0.343 e. The Morgan fingerprint density at radius 1 is 0.702 bits per heavy atom. The summed E-state index contributed by atoms with van der Waals surface area (Å²) in [5.74, 6) is 0.820. The van der Waals surface area contributed by atoms with Crippen LogP contribution in [0.5, 0.6) is 5.75 Å². The molecule has 4 aromatic carbocycles. The monoisotopic (exact) mass is 620 g/mol. The summed E-state index contributed by atoms with van der Waals surface area (Å²) in [7, 11) is 0. The van der Waals surface area contributed by atoms with Crippen molar-refractivity contribution in [1.82, 2.24) is 18.9 Å². The van der Waals surface area contributed by atoms with Gasteiger partial charge in [0.15, 0.2) is 11.4 Å². The minimum absolute atomic E-state index is 0.0145. The van der Waals surface area contributed by atoms with Gasteiger partial charge in [-0.25, -0.2) is 14.8 Å². The number of aromatic nitrogens is 4. The van der Waals surface area contributed by atoms with Crippen LogP contribution in [0.25, 0.3) is 39.1 Å². The predicted molar refractivity (Wildman–Crippen MR) is 190 cm³/mol. The van der Waals surface area contributed by atoms with Crippen LogP contribution in [0.1, 0.15) is 68.6 Å². The molecule has 7 aromatic rings. The standard InChI is InChI=1S/C41H40N4O2/c1-40(2,3)30-20-16-28(17-21-30)36-43-37-35(38-42-32-14-10-11-15-33(32)45(36)38)34(26-44(37)25-24-27-12-8-7-9-13-27)47-39(46)29-18-22-31(23-19-29)41(4,5)6/h7-23,26H,24-25H2,1-6H3. The van der Waals surface area contributed by atoms with Crippen LogP contribution in [0.4, 0.5) is 0 Å². The van der Waals surface area contributed by atoms with E-state index in [0.29, 0.717) is 28.9 Å². The second kappa shape index (κ2) is 11.5. The molecule has 0 bridgehead atoms. The van der Waals surface area contributed by atoms with Crippen LogP contribution in [-0.2, 0) is 23.8 Å². The Hall–Kier alpha value is -5.23. The van der Waals surface area contributed by atoms with Crippen molar-refractivity contribution in [3.05, 3.63) is 132 Å². The van der Waals surface area contributed by atoms with Gasteiger partial charge in [-0.05, 0) is 58.2 Å². The van der Waals surface area contributed by atoms with Crippen molar-refractivity contribution >= 4 is 33.7 Å². The van der Waals surface area contributed by atoms with Gasteiger partial charge in [0.1, 0.15) is 16.9 Å². The lowest BCUT2D eigenvalue weighted by Gasteiger charge is -2.19. The fraction of sp³-hybridized carbons (Fsp3) is 0.244. The Bertz CT molecular complexity index is 2230. The zero-order valence-corrected chi connectivity index (χ0v) is 27.9. The fourth-order valence-corrected chi connectivity index (χ4v) is 6.13. The highest BCUT2D eigenvalue weighted by molar-refractivity contribution is 6.03. The van der Waals surface area contributed by atoms with Crippen LogP contribution in [0.2, 0.25) is 0 Å². The minimum Gasteiger partial charge on any atom is -0.420 e. The zero-order valence-electron chi connectivity index (χ0n) is 27.9. The molecule has 0 aliphatic heterocycles. The number of rotatable bonds is 6. The van der Waals surface area contributed by atoms with Gasteiger partial charge >= 0.3 is 5.97 Å². The number of carbonyl (C=O) groups is 1. The van der Waals surface area contributed by atoms with Gasteiger partial charge in [-0.15, -0.1) is 0 Å². The van der Waals surface area contributed by atoms with Gasteiger partial charge in [0.05, 0.1) is 16.6 Å². The summed E-state index contributed by atoms with van der Waals surface area (Å²) in [6, 6.07) is 34.8. The summed E-state index contributed by atoms with van der Waals surface area (Å²) >= 11 is 0. The van der Waals surface area contributed by atoms with Crippen LogP contribution >= 0.6 is 0 Å². The SMILES string of the molecule is CC(C)(C)c1ccc(C(=O)Oc2cn(CCc3ccccc3)c3nc(-c4ccc(C(C)(C)C)cc4)n4c5ccccc5nc4c23)cc1. The van der Waals surface area contributed by atoms with E-state index in [-0.39, 0.29) is 10.8 Å². The Morgan fingerprint density at radius 3 is 1.98 bits per heavy atom. The molecule has 0 aliphatic rings. The van der Waals surface area contributed by atoms with Crippen molar-refractivity contribution in [2.45, 2.75) is 65.3 Å². The number of carbonyl (C=O) groups excluding carboxylic acids is 1. The first-order chi connectivity index (χ1) is 22.5. The number of esters is 1. The number of nitrogens with zero attached hydrogens (tertiary/aromatic N) is 4. The first kappa shape index (κ1) is 30.4. The highest BCUT2D eigenvalue weighted by atomic mass is 16.5. The lowest BCUT2D eigenvalue weighted by Crippen LogP contribution is -2.13. The molecular formula is C41H40N4O2. The van der Waals surface area contributed by atoms with E-state index in [4.69, 9.17) is 14.7 Å². The van der Waals surface area contributed by atoms with Crippen molar-refractivity contribution in [2.75, 3.05) is 0 Å². The summed E-state index contributed by atoms with van der Waals surface area (Å²) in [6.07, 6.45) is 2.71. The van der Waals surface area contributed by atoms with Gasteiger partial charge in [0.25, 0.3) is 0 Å². The van der Waals surface area contributed by atoms with E-state index in [1.165, 1.54) is 11.1 Å². The van der Waals surface area contributed by atoms with E-state index in [1.807, 2.05) is 54.7 Å². The average Bonchev–Trinajstić information content (AvgIpc) is 3.61. The Kier molecular flexibility index (Phi) is 7.47. The molecular weight excluding hydrogens is 580 g/mol. The number of imidazole rings is 1. The third kappa shape index (κ3) is 5.80. The van der Waals surface area contributed by atoms with Crippen molar-refractivity contribution in [3.8, 4) is 17.1 Å². The summed E-state index contributed by atoms with van der Waals surface area (Å²) in [5, 5.41) is 0.712. The second-order valence-corrected chi connectivity index (χ2v) is 14.4. The van der Waals surface area contributed by atoms with Crippen molar-refractivity contribution < 1.29 is 9.53 Å². The lowest BCUT2D eigenvalue weighted by molar-refractivity contribution is 0.0736. The summed E-state index contributed by atoms with van der Waals surface area (Å²) < 4.78 is 10.4. The molecule has 0 aliphatic carbocycles. The molecule has 6 heteroatoms. The van der Waals surface area contributed by atoms with Gasteiger partial charge in [-0.3, -0.25) is 4.40 Å². The lowest BCUT2D eigenvalue weighted by atomic mass is 9.86. The quantitative estimate of drug-likeness (QED) is 0.174. The first-order valence-corrected chi connectivity index (χ1v) is 16.2. The van der Waals surface area contributed by atoms with Crippen molar-refractivity contribution in [3.63, 3.8) is 0 Å². The number of para-hydroxylation sites is 2. The molecule has 0 N–H and O–H groups in total. The largest absolute Gasteiger partial charge is 0.420 e. The van der Waals surface area contributed by atoms with E-state index in [9.17, 15) is 4.79 Å². The molecule has 236 valence electrons. The molecule has 47 heavy (non-hydrogen) atoms. The van der Waals surface area contributed by atoms with Gasteiger partial charge in [0, 0.05) is 18.3 Å². The molecule has 0 amide bonds. The van der Waals surface area contributed by atoms with E-state index >= 15 is 0 Å². The second-order valence-electron chi connectivity index (χ2n) is 14.4. The maximum absolute atomic E-state index is 13.6. The summed E-state index contributed by atoms with van der Waals surface area (Å²) in [6.45, 7) is 13.8. The molecule has 3 aromatic heterocycles. The zero-order chi connectivity index (χ0) is 32.9. The number of benzene rings is 4. The molecule has 0 saturated carbocycles. The number of ether oxygens (including phenoxy) is 1. The summed E-state index contributed by atoms with van der Waals surface area (Å²) in [4.78, 5) is 24.1. The smallest absolute Gasteiger partial charge is 0.343 e. The highest BCUT2D eigenvalue weighted by Gasteiger charge is 2.24. The third-order valence-electron chi connectivity index (χ3n) is 8.91. The molecule has 0 unspecified atom stereocenters. The van der Waals surface area contributed by atoms with Gasteiger partial charge < -0.3 is 9.30 Å². The minimum atomic E-state index is -0.413. The first-order valence-electron chi connectivity index (χ1n) is 16.2. The topological polar surface area (TPSA) is 61.4 Å². The Morgan fingerprint density at radius 2 is 1.32 bits per heavy atom. The van der Waals surface area contributed by atoms with Crippen LogP contribution < -0.4 is 4.74 Å². The number of fused-ring (bicyclic) bond motifs is 5. The van der Waals surface area contributed by atoms with Crippen LogP contribution in [0, 0.1) is 0 Å². The van der Waals surface area contributed by atoms with Gasteiger partial charge in [0.2, 0.25) is 0 Å². The molecule has 3 heterocycles. The van der Waals surface area contributed by atoms with E-state index < -0.39 is 5.97 Å². The number of hydrogen-bond donors (Lipinski definition) is 0. The van der Waals surface area contributed by atoms with Crippen LogP contribution in [-0.4, -0.2) is 24.9 Å². The van der Waals surface area contributed by atoms with Gasteiger partial charge in [-0.1, -0.05) is 120 Å². The Balaban J connectivity index is 1.41. The van der Waals surface area contributed by atoms with Crippen LogP contribution in [0.3, 0.4) is 0 Å². The molecule has 0 saturated heterocycles. The third-order valence-corrected chi connectivity index (χ3v) is 8.91. The number of hydrogen-bond acceptors (Lipinski definition) is 4. The van der Waals surface area contributed by atoms with Crippen molar-refractivity contribution in [1.29, 1.82) is 0 Å².